The molecule has 0 radical (unpaired) electrons. The molecule has 5 heteroatoms. The van der Waals surface area contributed by atoms with Gasteiger partial charge in [0.25, 0.3) is 5.91 Å². The summed E-state index contributed by atoms with van der Waals surface area (Å²) in [6.45, 7) is 0. The normalized spacial score (nSPS) is 11.0. The second-order valence-corrected chi connectivity index (χ2v) is 7.11. The van der Waals surface area contributed by atoms with Crippen molar-refractivity contribution in [3.05, 3.63) is 90.5 Å². The van der Waals surface area contributed by atoms with E-state index in [2.05, 4.69) is 5.32 Å². The molecule has 0 aliphatic carbocycles. The smallest absolute Gasteiger partial charge is 0.255 e. The van der Waals surface area contributed by atoms with E-state index in [4.69, 9.17) is 0 Å². The van der Waals surface area contributed by atoms with Crippen molar-refractivity contribution in [3.8, 4) is 0 Å². The topological polar surface area (TPSA) is 63.2 Å². The van der Waals surface area contributed by atoms with Crippen LogP contribution in [0, 0.1) is 0 Å². The molecular formula is C19H15NO3S. The van der Waals surface area contributed by atoms with Gasteiger partial charge < -0.3 is 5.32 Å². The Morgan fingerprint density at radius 1 is 0.667 bits per heavy atom. The molecule has 0 heterocycles. The Morgan fingerprint density at radius 3 is 1.75 bits per heavy atom. The van der Waals surface area contributed by atoms with Crippen molar-refractivity contribution >= 4 is 21.4 Å². The zero-order valence-electron chi connectivity index (χ0n) is 12.7. The van der Waals surface area contributed by atoms with Gasteiger partial charge >= 0.3 is 0 Å². The fraction of sp³-hybridized carbons (Fsp3) is 0. The van der Waals surface area contributed by atoms with E-state index in [0.717, 1.165) is 0 Å². The maximum absolute atomic E-state index is 12.5. The van der Waals surface area contributed by atoms with Crippen molar-refractivity contribution in [2.75, 3.05) is 5.32 Å². The van der Waals surface area contributed by atoms with Crippen LogP contribution in [0.1, 0.15) is 10.4 Å². The zero-order valence-corrected chi connectivity index (χ0v) is 13.5. The lowest BCUT2D eigenvalue weighted by molar-refractivity contribution is 0.102. The molecule has 0 saturated carbocycles. The molecule has 0 aliphatic rings. The Hall–Kier alpha value is -2.92. The summed E-state index contributed by atoms with van der Waals surface area (Å²) >= 11 is 0. The number of sulfone groups is 1. The average molecular weight is 337 g/mol. The molecule has 1 N–H and O–H groups in total. The highest BCUT2D eigenvalue weighted by atomic mass is 32.2. The van der Waals surface area contributed by atoms with Crippen LogP contribution in [0.5, 0.6) is 0 Å². The van der Waals surface area contributed by atoms with Gasteiger partial charge in [0.15, 0.2) is 0 Å². The lowest BCUT2D eigenvalue weighted by Gasteiger charge is -2.08. The van der Waals surface area contributed by atoms with Crippen molar-refractivity contribution < 1.29 is 13.2 Å². The van der Waals surface area contributed by atoms with Gasteiger partial charge in [0, 0.05) is 11.3 Å². The third-order valence-corrected chi connectivity index (χ3v) is 5.30. The fourth-order valence-corrected chi connectivity index (χ4v) is 3.53. The summed E-state index contributed by atoms with van der Waals surface area (Å²) in [5, 5.41) is 2.74. The predicted octanol–water partition coefficient (Wildman–Crippen LogP) is 3.77. The van der Waals surface area contributed by atoms with Gasteiger partial charge in [-0.05, 0) is 48.5 Å². The molecule has 120 valence electrons. The fourth-order valence-electron chi connectivity index (χ4n) is 2.25. The molecule has 1 amide bonds. The van der Waals surface area contributed by atoms with Gasteiger partial charge in [-0.25, -0.2) is 8.42 Å². The quantitative estimate of drug-likeness (QED) is 0.788. The van der Waals surface area contributed by atoms with Crippen molar-refractivity contribution in [3.63, 3.8) is 0 Å². The molecule has 0 bridgehead atoms. The summed E-state index contributed by atoms with van der Waals surface area (Å²) in [5.41, 5.74) is 1.08. The summed E-state index contributed by atoms with van der Waals surface area (Å²) in [7, 11) is -3.55. The molecule has 0 saturated heterocycles. The minimum Gasteiger partial charge on any atom is -0.322 e. The Bertz CT molecular complexity index is 935. The number of carbonyl (C=O) groups excluding carboxylic acids is 1. The maximum atomic E-state index is 12.5. The Labute approximate surface area is 140 Å². The predicted molar refractivity (Wildman–Crippen MR) is 92.7 cm³/mol. The molecule has 0 spiro atoms. The number of anilines is 1. The second kappa shape index (κ2) is 6.68. The van der Waals surface area contributed by atoms with E-state index in [1.54, 1.807) is 66.7 Å². The Balaban J connectivity index is 1.80. The first-order chi connectivity index (χ1) is 11.6. The number of hydrogen-bond acceptors (Lipinski definition) is 3. The van der Waals surface area contributed by atoms with E-state index in [1.165, 1.54) is 12.1 Å². The van der Waals surface area contributed by atoms with E-state index in [0.29, 0.717) is 11.3 Å². The molecule has 0 atom stereocenters. The summed E-state index contributed by atoms with van der Waals surface area (Å²) in [6, 6.07) is 23.2. The first-order valence-electron chi connectivity index (χ1n) is 7.34. The summed E-state index contributed by atoms with van der Waals surface area (Å²) in [6.07, 6.45) is 0. The van der Waals surface area contributed by atoms with E-state index >= 15 is 0 Å². The highest BCUT2D eigenvalue weighted by Gasteiger charge is 2.17. The Kier molecular flexibility index (Phi) is 4.44. The number of benzene rings is 3. The van der Waals surface area contributed by atoms with Crippen LogP contribution < -0.4 is 5.32 Å². The molecule has 3 rings (SSSR count). The van der Waals surface area contributed by atoms with Crippen molar-refractivity contribution in [1.82, 2.24) is 0 Å². The standard InChI is InChI=1S/C19H15NO3S/c21-19(15-7-3-1-4-8-15)20-16-11-13-18(14-12-16)24(22,23)17-9-5-2-6-10-17/h1-14H,(H,20,21). The number of hydrogen-bond donors (Lipinski definition) is 1. The third-order valence-electron chi connectivity index (χ3n) is 3.51. The van der Waals surface area contributed by atoms with Gasteiger partial charge in [-0.3, -0.25) is 4.79 Å². The number of carbonyl (C=O) groups is 1. The van der Waals surface area contributed by atoms with Crippen LogP contribution in [0.15, 0.2) is 94.7 Å². The van der Waals surface area contributed by atoms with Gasteiger partial charge in [-0.1, -0.05) is 36.4 Å². The summed E-state index contributed by atoms with van der Waals surface area (Å²) in [5.74, 6) is -0.241. The van der Waals surface area contributed by atoms with Gasteiger partial charge in [0.1, 0.15) is 0 Å². The summed E-state index contributed by atoms with van der Waals surface area (Å²) in [4.78, 5) is 12.5. The average Bonchev–Trinajstić information content (AvgIpc) is 2.63. The molecular weight excluding hydrogens is 322 g/mol. The van der Waals surface area contributed by atoms with E-state index in [1.807, 2.05) is 6.07 Å². The van der Waals surface area contributed by atoms with Crippen LogP contribution in [-0.2, 0) is 9.84 Å². The molecule has 24 heavy (non-hydrogen) atoms. The molecule has 0 aromatic heterocycles. The van der Waals surface area contributed by atoms with Gasteiger partial charge in [-0.15, -0.1) is 0 Å². The largest absolute Gasteiger partial charge is 0.322 e. The van der Waals surface area contributed by atoms with E-state index in [9.17, 15) is 13.2 Å². The number of rotatable bonds is 4. The van der Waals surface area contributed by atoms with Crippen LogP contribution in [0.3, 0.4) is 0 Å². The van der Waals surface area contributed by atoms with E-state index in [-0.39, 0.29) is 15.7 Å². The maximum Gasteiger partial charge on any atom is 0.255 e. The monoisotopic (exact) mass is 337 g/mol. The SMILES string of the molecule is O=C(Nc1ccc(S(=O)(=O)c2ccccc2)cc1)c1ccccc1. The van der Waals surface area contributed by atoms with Crippen LogP contribution >= 0.6 is 0 Å². The van der Waals surface area contributed by atoms with E-state index < -0.39 is 9.84 Å². The molecule has 0 fully saturated rings. The van der Waals surface area contributed by atoms with Gasteiger partial charge in [0.2, 0.25) is 9.84 Å². The highest BCUT2D eigenvalue weighted by Crippen LogP contribution is 2.22. The number of amides is 1. The van der Waals surface area contributed by atoms with Crippen molar-refractivity contribution in [2.24, 2.45) is 0 Å². The first-order valence-corrected chi connectivity index (χ1v) is 8.82. The number of nitrogens with one attached hydrogen (secondary N) is 1. The minimum atomic E-state index is -3.55. The van der Waals surface area contributed by atoms with Crippen LogP contribution in [-0.4, -0.2) is 14.3 Å². The first kappa shape index (κ1) is 16.0. The molecule has 0 unspecified atom stereocenters. The minimum absolute atomic E-state index is 0.186. The zero-order chi connectivity index (χ0) is 17.0. The van der Waals surface area contributed by atoms with Gasteiger partial charge in [-0.2, -0.15) is 0 Å². The summed E-state index contributed by atoms with van der Waals surface area (Å²) < 4.78 is 25.0. The van der Waals surface area contributed by atoms with Gasteiger partial charge in [0.05, 0.1) is 9.79 Å². The van der Waals surface area contributed by atoms with Crippen LogP contribution in [0.25, 0.3) is 0 Å². The third kappa shape index (κ3) is 3.36. The highest BCUT2D eigenvalue weighted by molar-refractivity contribution is 7.91. The molecule has 0 aliphatic heterocycles. The molecule has 3 aromatic carbocycles. The lowest BCUT2D eigenvalue weighted by atomic mass is 10.2. The Morgan fingerprint density at radius 2 is 1.17 bits per heavy atom. The van der Waals surface area contributed by atoms with Crippen LogP contribution in [0.2, 0.25) is 0 Å². The molecule has 4 nitrogen and oxygen atoms in total. The van der Waals surface area contributed by atoms with Crippen molar-refractivity contribution in [1.29, 1.82) is 0 Å². The van der Waals surface area contributed by atoms with Crippen LogP contribution in [0.4, 0.5) is 5.69 Å². The van der Waals surface area contributed by atoms with Crippen molar-refractivity contribution in [2.45, 2.75) is 9.79 Å². The molecule has 3 aromatic rings. The second-order valence-electron chi connectivity index (χ2n) is 5.16. The lowest BCUT2D eigenvalue weighted by Crippen LogP contribution is -2.11.